The first-order valence-electron chi connectivity index (χ1n) is 8.94. The van der Waals surface area contributed by atoms with Gasteiger partial charge in [-0.15, -0.1) is 0 Å². The lowest BCUT2D eigenvalue weighted by atomic mass is 10.3. The second kappa shape index (κ2) is 8.06. The van der Waals surface area contributed by atoms with Gasteiger partial charge in [0.15, 0.2) is 8.07 Å². The molecule has 2 aromatic rings. The molecule has 25 heavy (non-hydrogen) atoms. The molecule has 132 valence electrons. The van der Waals surface area contributed by atoms with Gasteiger partial charge in [-0.1, -0.05) is 86.9 Å². The summed E-state index contributed by atoms with van der Waals surface area (Å²) in [6.45, 7) is 8.36. The zero-order valence-corrected chi connectivity index (χ0v) is 17.7. The van der Waals surface area contributed by atoms with E-state index in [1.54, 1.807) is 0 Å². The summed E-state index contributed by atoms with van der Waals surface area (Å²) in [6.07, 6.45) is 1.70. The second-order valence-corrected chi connectivity index (χ2v) is 16.8. The normalized spacial score (nSPS) is 12.0. The lowest BCUT2D eigenvalue weighted by molar-refractivity contribution is -0.113. The Morgan fingerprint density at radius 2 is 1.08 bits per heavy atom. The van der Waals surface area contributed by atoms with Crippen LogP contribution in [0.15, 0.2) is 60.7 Å². The van der Waals surface area contributed by atoms with E-state index >= 15 is 0 Å². The fraction of sp³-hybridized carbons (Fsp3) is 0.333. The summed E-state index contributed by atoms with van der Waals surface area (Å²) in [7, 11) is -4.21. The first-order chi connectivity index (χ1) is 11.8. The summed E-state index contributed by atoms with van der Waals surface area (Å²) in [5, 5.41) is 2.96. The third kappa shape index (κ3) is 4.64. The zero-order valence-electron chi connectivity index (χ0n) is 15.7. The molecule has 0 aliphatic rings. The average molecular weight is 369 g/mol. The van der Waals surface area contributed by atoms with Crippen molar-refractivity contribution >= 4 is 37.3 Å². The molecule has 0 saturated carbocycles. The van der Waals surface area contributed by atoms with Crippen LogP contribution in [0.4, 0.5) is 0 Å². The molecule has 0 aliphatic heterocycles. The predicted molar refractivity (Wildman–Crippen MR) is 111 cm³/mol. The van der Waals surface area contributed by atoms with Crippen molar-refractivity contribution in [1.29, 1.82) is 0 Å². The van der Waals surface area contributed by atoms with Crippen LogP contribution >= 0.6 is 0 Å². The Balaban J connectivity index is 2.22. The Morgan fingerprint density at radius 3 is 1.48 bits per heavy atom. The molecule has 0 unspecified atom stereocenters. The van der Waals surface area contributed by atoms with Gasteiger partial charge < -0.3 is 9.59 Å². The van der Waals surface area contributed by atoms with Crippen LogP contribution < -0.4 is 10.4 Å². The minimum Gasteiger partial charge on any atom is -0.305 e. The van der Waals surface area contributed by atoms with Gasteiger partial charge in [0.25, 0.3) is 0 Å². The van der Waals surface area contributed by atoms with E-state index in [9.17, 15) is 9.59 Å². The molecule has 0 radical (unpaired) electrons. The quantitative estimate of drug-likeness (QED) is 0.667. The van der Waals surface area contributed by atoms with Crippen LogP contribution in [0, 0.1) is 0 Å². The van der Waals surface area contributed by atoms with Crippen molar-refractivity contribution in [3.05, 3.63) is 60.7 Å². The molecule has 0 saturated heterocycles. The van der Waals surface area contributed by atoms with Crippen molar-refractivity contribution in [2.24, 2.45) is 0 Å². The summed E-state index contributed by atoms with van der Waals surface area (Å²) < 4.78 is 0. The summed E-state index contributed by atoms with van der Waals surface area (Å²) in [5.41, 5.74) is 0. The molecule has 2 nitrogen and oxygen atoms in total. The standard InChI is InChI=1S/C21H28O2Si2/c1-24(2,3)20(22)16-11-17-21(23)25(4,18-12-7-5-8-13-18)19-14-9-6-10-15-19/h5-10,12-15H,11,16-17H2,1-4H3. The van der Waals surface area contributed by atoms with Gasteiger partial charge >= 0.3 is 0 Å². The van der Waals surface area contributed by atoms with E-state index in [1.165, 1.54) is 0 Å². The molecule has 0 spiro atoms. The van der Waals surface area contributed by atoms with Gasteiger partial charge in [-0.25, -0.2) is 0 Å². The monoisotopic (exact) mass is 368 g/mol. The summed E-state index contributed by atoms with van der Waals surface area (Å²) in [5.74, 6) is 0. The molecule has 0 amide bonds. The number of hydrogen-bond donors (Lipinski definition) is 0. The smallest absolute Gasteiger partial charge is 0.190 e. The van der Waals surface area contributed by atoms with Gasteiger partial charge in [0.05, 0.1) is 0 Å². The summed E-state index contributed by atoms with van der Waals surface area (Å²) in [4.78, 5) is 25.5. The Bertz CT molecular complexity index is 679. The number of benzene rings is 2. The number of hydrogen-bond acceptors (Lipinski definition) is 2. The maximum absolute atomic E-state index is 13.3. The van der Waals surface area contributed by atoms with E-state index in [-0.39, 0.29) is 0 Å². The minimum absolute atomic E-state index is 0.313. The Labute approximate surface area is 153 Å². The van der Waals surface area contributed by atoms with Gasteiger partial charge in [-0.3, -0.25) is 0 Å². The van der Waals surface area contributed by atoms with Crippen molar-refractivity contribution in [3.8, 4) is 0 Å². The molecule has 0 heterocycles. The lowest BCUT2D eigenvalue weighted by Gasteiger charge is -2.27. The van der Waals surface area contributed by atoms with Crippen molar-refractivity contribution < 1.29 is 9.59 Å². The van der Waals surface area contributed by atoms with Crippen LogP contribution in [-0.2, 0) is 9.59 Å². The number of carbonyl (C=O) groups is 2. The summed E-state index contributed by atoms with van der Waals surface area (Å²) >= 11 is 0. The molecule has 2 aromatic carbocycles. The first kappa shape index (κ1) is 19.5. The summed E-state index contributed by atoms with van der Waals surface area (Å²) in [6, 6.07) is 20.3. The largest absolute Gasteiger partial charge is 0.305 e. The number of rotatable bonds is 8. The molecule has 4 heteroatoms. The molecule has 0 bridgehead atoms. The lowest BCUT2D eigenvalue weighted by Crippen LogP contribution is -2.62. The van der Waals surface area contributed by atoms with E-state index in [0.29, 0.717) is 30.1 Å². The van der Waals surface area contributed by atoms with Crippen molar-refractivity contribution in [2.45, 2.75) is 45.5 Å². The van der Waals surface area contributed by atoms with Gasteiger partial charge in [-0.05, 0) is 16.8 Å². The molecule has 0 atom stereocenters. The predicted octanol–water partition coefficient (Wildman–Crippen LogP) is 3.60. The SMILES string of the molecule is C[Si](C)(C)C(=O)CCCC(=O)[Si](C)(c1ccccc1)c1ccccc1. The fourth-order valence-electron chi connectivity index (χ4n) is 3.07. The second-order valence-electron chi connectivity index (χ2n) is 7.81. The molecule has 2 rings (SSSR count). The van der Waals surface area contributed by atoms with Crippen LogP contribution in [0.25, 0.3) is 0 Å². The van der Waals surface area contributed by atoms with Crippen LogP contribution in [0.1, 0.15) is 19.3 Å². The Morgan fingerprint density at radius 1 is 0.680 bits per heavy atom. The van der Waals surface area contributed by atoms with Gasteiger partial charge in [0.2, 0.25) is 0 Å². The van der Waals surface area contributed by atoms with Crippen LogP contribution in [-0.4, -0.2) is 27.0 Å². The van der Waals surface area contributed by atoms with E-state index in [2.05, 4.69) is 50.5 Å². The van der Waals surface area contributed by atoms with E-state index < -0.39 is 16.1 Å². The van der Waals surface area contributed by atoms with Crippen molar-refractivity contribution in [2.75, 3.05) is 0 Å². The molecular weight excluding hydrogens is 340 g/mol. The van der Waals surface area contributed by atoms with Gasteiger partial charge in [-0.2, -0.15) is 0 Å². The molecule has 0 N–H and O–H groups in total. The first-order valence-corrected chi connectivity index (χ1v) is 14.9. The van der Waals surface area contributed by atoms with Crippen LogP contribution in [0.2, 0.25) is 26.2 Å². The third-order valence-electron chi connectivity index (χ3n) is 4.90. The molecule has 0 aliphatic carbocycles. The highest BCUT2D eigenvalue weighted by atomic mass is 28.3. The van der Waals surface area contributed by atoms with Crippen LogP contribution in [0.3, 0.4) is 0 Å². The zero-order chi connectivity index (χ0) is 18.5. The number of carbonyl (C=O) groups excluding carboxylic acids is 2. The van der Waals surface area contributed by atoms with Gasteiger partial charge in [0, 0.05) is 12.8 Å². The highest BCUT2D eigenvalue weighted by molar-refractivity contribution is 7.21. The minimum atomic E-state index is -2.46. The highest BCUT2D eigenvalue weighted by Crippen LogP contribution is 2.14. The van der Waals surface area contributed by atoms with Crippen LogP contribution in [0.5, 0.6) is 0 Å². The maximum atomic E-state index is 13.3. The maximum Gasteiger partial charge on any atom is 0.190 e. The van der Waals surface area contributed by atoms with Crippen molar-refractivity contribution in [3.63, 3.8) is 0 Å². The van der Waals surface area contributed by atoms with Crippen molar-refractivity contribution in [1.82, 2.24) is 0 Å². The van der Waals surface area contributed by atoms with E-state index in [4.69, 9.17) is 0 Å². The Hall–Kier alpha value is -1.79. The van der Waals surface area contributed by atoms with E-state index in [0.717, 1.165) is 10.4 Å². The third-order valence-corrected chi connectivity index (χ3v) is 11.2. The Kier molecular flexibility index (Phi) is 6.30. The average Bonchev–Trinajstić information content (AvgIpc) is 2.61. The molecule has 0 aromatic heterocycles. The topological polar surface area (TPSA) is 34.1 Å². The van der Waals surface area contributed by atoms with Gasteiger partial charge in [0.1, 0.15) is 18.9 Å². The van der Waals surface area contributed by atoms with E-state index in [1.807, 2.05) is 36.4 Å². The highest BCUT2D eigenvalue weighted by Gasteiger charge is 2.39. The molecule has 0 fully saturated rings. The fourth-order valence-corrected chi connectivity index (χ4v) is 7.37. The molecular formula is C21H28O2Si2.